The minimum absolute atomic E-state index is 0.122. The van der Waals surface area contributed by atoms with Gasteiger partial charge in [-0.25, -0.2) is 9.97 Å². The van der Waals surface area contributed by atoms with Crippen LogP contribution in [0.25, 0.3) is 50.2 Å². The fourth-order valence-electron chi connectivity index (χ4n) is 7.00. The van der Waals surface area contributed by atoms with Gasteiger partial charge in [0.15, 0.2) is 11.4 Å². The summed E-state index contributed by atoms with van der Waals surface area (Å²) in [6.45, 7) is 12.6. The molecule has 0 unspecified atom stereocenters. The minimum atomic E-state index is 0.122. The first kappa shape index (κ1) is 31.1. The van der Waals surface area contributed by atoms with Crippen molar-refractivity contribution >= 4 is 33.3 Å². The van der Waals surface area contributed by atoms with Crippen molar-refractivity contribution in [2.75, 3.05) is 5.32 Å². The van der Waals surface area contributed by atoms with E-state index in [2.05, 4.69) is 119 Å². The van der Waals surface area contributed by atoms with Crippen LogP contribution < -0.4 is 5.32 Å². The van der Waals surface area contributed by atoms with Gasteiger partial charge in [-0.05, 0) is 98.6 Å². The van der Waals surface area contributed by atoms with Gasteiger partial charge in [0.25, 0.3) is 0 Å². The number of aromatic nitrogens is 2. The van der Waals surface area contributed by atoms with Crippen molar-refractivity contribution in [3.05, 3.63) is 156 Å². The number of para-hydroxylation sites is 1. The van der Waals surface area contributed by atoms with Gasteiger partial charge in [0.05, 0.1) is 5.69 Å². The first-order valence-electron chi connectivity index (χ1n) is 16.8. The van der Waals surface area contributed by atoms with E-state index in [0.717, 1.165) is 75.4 Å². The summed E-state index contributed by atoms with van der Waals surface area (Å²) in [6, 6.07) is 19.2. The molecule has 2 aliphatic carbocycles. The third-order valence-corrected chi connectivity index (χ3v) is 9.55. The molecule has 1 N–H and O–H groups in total. The van der Waals surface area contributed by atoms with E-state index in [4.69, 9.17) is 14.4 Å². The fraction of sp³-hybridized carbons (Fsp3) is 0.182. The van der Waals surface area contributed by atoms with Gasteiger partial charge < -0.3 is 9.73 Å². The summed E-state index contributed by atoms with van der Waals surface area (Å²) in [5.74, 6) is 0.846. The highest BCUT2D eigenvalue weighted by Gasteiger charge is 2.24. The highest BCUT2D eigenvalue weighted by molar-refractivity contribution is 6.04. The van der Waals surface area contributed by atoms with Crippen molar-refractivity contribution in [1.82, 2.24) is 9.97 Å². The molecule has 0 spiro atoms. The average molecular weight is 628 g/mol. The van der Waals surface area contributed by atoms with Crippen molar-refractivity contribution in [3.8, 4) is 22.5 Å². The third-order valence-electron chi connectivity index (χ3n) is 9.55. The zero-order chi connectivity index (χ0) is 33.2. The molecule has 2 aliphatic rings. The number of rotatable bonds is 8. The summed E-state index contributed by atoms with van der Waals surface area (Å²) >= 11 is 0. The van der Waals surface area contributed by atoms with Crippen molar-refractivity contribution in [2.24, 2.45) is 0 Å². The Hall–Kier alpha value is -5.48. The first-order valence-corrected chi connectivity index (χ1v) is 16.8. The molecule has 3 aromatic carbocycles. The number of fused-ring (bicyclic) bond motifs is 3. The van der Waals surface area contributed by atoms with Crippen LogP contribution in [0.5, 0.6) is 0 Å². The van der Waals surface area contributed by atoms with Gasteiger partial charge in [-0.2, -0.15) is 0 Å². The van der Waals surface area contributed by atoms with Crippen LogP contribution in [0.1, 0.15) is 61.4 Å². The Morgan fingerprint density at radius 3 is 2.50 bits per heavy atom. The molecular weight excluding hydrogens is 587 g/mol. The number of furan rings is 1. The van der Waals surface area contributed by atoms with Gasteiger partial charge in [0, 0.05) is 33.8 Å². The fourth-order valence-corrected chi connectivity index (χ4v) is 7.00. The second-order valence-corrected chi connectivity index (χ2v) is 12.7. The third kappa shape index (κ3) is 5.79. The predicted octanol–water partition coefficient (Wildman–Crippen LogP) is 12.1. The number of nitrogens with one attached hydrogen (secondary N) is 1. The van der Waals surface area contributed by atoms with Crippen molar-refractivity contribution < 1.29 is 4.42 Å². The lowest BCUT2D eigenvalue weighted by Crippen LogP contribution is -2.06. The number of hydrogen-bond donors (Lipinski definition) is 1. The van der Waals surface area contributed by atoms with Crippen LogP contribution in [0.4, 0.5) is 5.69 Å². The molecule has 4 heteroatoms. The minimum Gasteiger partial charge on any atom is -0.452 e. The van der Waals surface area contributed by atoms with Gasteiger partial charge in [-0.15, -0.1) is 0 Å². The molecule has 0 bridgehead atoms. The van der Waals surface area contributed by atoms with E-state index < -0.39 is 0 Å². The lowest BCUT2D eigenvalue weighted by Gasteiger charge is -2.23. The second kappa shape index (κ2) is 13.3. The van der Waals surface area contributed by atoms with Gasteiger partial charge in [-0.3, -0.25) is 0 Å². The summed E-state index contributed by atoms with van der Waals surface area (Å²) in [5.41, 5.74) is 15.3. The number of nitrogens with zero attached hydrogens (tertiary/aromatic N) is 2. The Labute approximate surface area is 283 Å². The van der Waals surface area contributed by atoms with Gasteiger partial charge >= 0.3 is 0 Å². The van der Waals surface area contributed by atoms with E-state index in [0.29, 0.717) is 0 Å². The van der Waals surface area contributed by atoms with Gasteiger partial charge in [-0.1, -0.05) is 104 Å². The van der Waals surface area contributed by atoms with Crippen LogP contribution in [-0.4, -0.2) is 9.97 Å². The van der Waals surface area contributed by atoms with Crippen LogP contribution in [0, 0.1) is 13.8 Å². The second-order valence-electron chi connectivity index (χ2n) is 12.7. The van der Waals surface area contributed by atoms with E-state index in [9.17, 15) is 0 Å². The average Bonchev–Trinajstić information content (AvgIpc) is 3.49. The summed E-state index contributed by atoms with van der Waals surface area (Å²) in [6.07, 6.45) is 23.9. The molecule has 0 fully saturated rings. The molecule has 238 valence electrons. The van der Waals surface area contributed by atoms with Gasteiger partial charge in [0.2, 0.25) is 0 Å². The van der Waals surface area contributed by atoms with E-state index in [1.54, 1.807) is 6.08 Å². The molecule has 2 aromatic heterocycles. The summed E-state index contributed by atoms with van der Waals surface area (Å²) < 4.78 is 6.40. The predicted molar refractivity (Wildman–Crippen MR) is 203 cm³/mol. The number of hydrogen-bond acceptors (Lipinski definition) is 4. The topological polar surface area (TPSA) is 51.0 Å². The van der Waals surface area contributed by atoms with Crippen LogP contribution >= 0.6 is 0 Å². The summed E-state index contributed by atoms with van der Waals surface area (Å²) in [5, 5.41) is 4.79. The first-order chi connectivity index (χ1) is 23.4. The van der Waals surface area contributed by atoms with E-state index >= 15 is 0 Å². The van der Waals surface area contributed by atoms with E-state index in [-0.39, 0.29) is 5.92 Å². The summed E-state index contributed by atoms with van der Waals surface area (Å²) in [4.78, 5) is 10.4. The quantitative estimate of drug-likeness (QED) is 0.174. The molecule has 0 saturated heterocycles. The molecule has 0 aliphatic heterocycles. The Balaban J connectivity index is 1.39. The maximum atomic E-state index is 6.40. The van der Waals surface area contributed by atoms with Crippen molar-refractivity contribution in [2.45, 2.75) is 52.9 Å². The largest absolute Gasteiger partial charge is 0.452 e. The molecule has 5 aromatic rings. The maximum absolute atomic E-state index is 6.40. The van der Waals surface area contributed by atoms with Crippen LogP contribution in [0.15, 0.2) is 138 Å². The highest BCUT2D eigenvalue weighted by atomic mass is 16.3. The molecule has 4 nitrogen and oxygen atoms in total. The Morgan fingerprint density at radius 2 is 1.69 bits per heavy atom. The number of anilines is 1. The normalized spacial score (nSPS) is 16.5. The number of benzene rings is 3. The monoisotopic (exact) mass is 627 g/mol. The van der Waals surface area contributed by atoms with Gasteiger partial charge in [0.1, 0.15) is 11.1 Å². The molecule has 0 radical (unpaired) electrons. The Kier molecular flexibility index (Phi) is 8.65. The number of allylic oxidation sites excluding steroid dienone is 13. The summed E-state index contributed by atoms with van der Waals surface area (Å²) in [7, 11) is 0. The lowest BCUT2D eigenvalue weighted by atomic mass is 9.86. The standard InChI is InChI=1S/C44H41N3O/c1-6-7-9-18-29(3)45-40-31(5)35(26-27-37(40)33-21-13-12-17-28(33)2)34-23-16-24-36(30(34)4)44-46-41(32-19-10-8-11-20-32)43-42(47-44)38-22-14-15-25-39(38)48-43/h6-12,14-19,22-27,32,45H,1,13,20-21H2,2-5H3/b9-7-,29-18+/t32-/m0/s1. The van der Waals surface area contributed by atoms with Crippen LogP contribution in [0.2, 0.25) is 0 Å². The van der Waals surface area contributed by atoms with Crippen molar-refractivity contribution in [3.63, 3.8) is 0 Å². The molecule has 1 atom stereocenters. The molecule has 0 saturated carbocycles. The van der Waals surface area contributed by atoms with E-state index in [1.165, 1.54) is 33.4 Å². The van der Waals surface area contributed by atoms with E-state index in [1.807, 2.05) is 30.4 Å². The zero-order valence-corrected chi connectivity index (χ0v) is 28.2. The smallest absolute Gasteiger partial charge is 0.176 e. The van der Waals surface area contributed by atoms with Crippen LogP contribution in [-0.2, 0) is 0 Å². The van der Waals surface area contributed by atoms with Crippen LogP contribution in [0.3, 0.4) is 0 Å². The molecule has 48 heavy (non-hydrogen) atoms. The molecule has 7 rings (SSSR count). The maximum Gasteiger partial charge on any atom is 0.176 e. The Morgan fingerprint density at radius 1 is 0.875 bits per heavy atom. The Bertz CT molecular complexity index is 2250. The molecule has 2 heterocycles. The lowest BCUT2D eigenvalue weighted by molar-refractivity contribution is 0.649. The highest BCUT2D eigenvalue weighted by Crippen LogP contribution is 2.42. The molecule has 0 amide bonds. The SMILES string of the molecule is C=C/C=C\C=C(/C)Nc1c(C2=C(C)C=CCC2)ccc(-c2cccc(-c3nc([C@H]4C=CC=CC4)c4oc5ccccc5c4n3)c2C)c1C. The zero-order valence-electron chi connectivity index (χ0n) is 28.2. The molecular formula is C44H41N3O. The van der Waals surface area contributed by atoms with Crippen molar-refractivity contribution in [1.29, 1.82) is 0 Å².